The molecule has 1 unspecified atom stereocenters. The lowest BCUT2D eigenvalue weighted by Crippen LogP contribution is -2.49. The lowest BCUT2D eigenvalue weighted by molar-refractivity contribution is -0.123. The second-order valence-electron chi connectivity index (χ2n) is 9.04. The molecule has 168 valence electrons. The molecule has 0 spiro atoms. The van der Waals surface area contributed by atoms with Gasteiger partial charge in [-0.05, 0) is 18.3 Å². The largest absolute Gasteiger partial charge is 0.449 e. The van der Waals surface area contributed by atoms with Gasteiger partial charge in [0.15, 0.2) is 0 Å². The number of hydrogen-bond acceptors (Lipinski definition) is 6. The fourth-order valence-corrected chi connectivity index (χ4v) is 3.71. The van der Waals surface area contributed by atoms with Crippen molar-refractivity contribution < 1.29 is 19.1 Å². The van der Waals surface area contributed by atoms with E-state index >= 15 is 0 Å². The molecule has 0 aromatic rings. The number of carbonyl (C=O) groups excluding carboxylic acids is 2. The van der Waals surface area contributed by atoms with E-state index in [0.717, 1.165) is 39.2 Å². The van der Waals surface area contributed by atoms with Gasteiger partial charge < -0.3 is 19.7 Å². The molecule has 0 aliphatic carbocycles. The molecule has 1 N–H and O–H groups in total. The lowest BCUT2D eigenvalue weighted by atomic mass is 10.2. The first-order chi connectivity index (χ1) is 13.8. The van der Waals surface area contributed by atoms with Crippen molar-refractivity contribution in [2.45, 2.75) is 40.2 Å². The van der Waals surface area contributed by atoms with Gasteiger partial charge in [0.25, 0.3) is 0 Å². The Kier molecular flexibility index (Phi) is 10.2. The smallest absolute Gasteiger partial charge is 0.409 e. The Morgan fingerprint density at radius 2 is 1.83 bits per heavy atom. The van der Waals surface area contributed by atoms with Crippen molar-refractivity contribution in [3.8, 4) is 0 Å². The molecular formula is C21H40N4O4. The number of nitrogens with zero attached hydrogens (tertiary/aromatic N) is 3. The summed E-state index contributed by atoms with van der Waals surface area (Å²) in [7, 11) is 0. The highest BCUT2D eigenvalue weighted by Crippen LogP contribution is 2.08. The molecular weight excluding hydrogens is 372 g/mol. The second kappa shape index (κ2) is 12.3. The fraction of sp³-hybridized carbons (Fsp3) is 0.905. The highest BCUT2D eigenvalue weighted by Gasteiger charge is 2.23. The molecule has 0 radical (unpaired) electrons. The lowest BCUT2D eigenvalue weighted by Gasteiger charge is -2.34. The molecule has 0 aromatic carbocycles. The minimum atomic E-state index is -0.245. The van der Waals surface area contributed by atoms with Crippen LogP contribution in [0.1, 0.15) is 34.1 Å². The number of morpholine rings is 1. The Hall–Kier alpha value is -1.38. The van der Waals surface area contributed by atoms with Crippen LogP contribution in [0.15, 0.2) is 0 Å². The van der Waals surface area contributed by atoms with Crippen molar-refractivity contribution in [1.82, 2.24) is 20.0 Å². The molecule has 2 heterocycles. The van der Waals surface area contributed by atoms with Crippen molar-refractivity contribution in [3.05, 3.63) is 0 Å². The van der Waals surface area contributed by atoms with Crippen LogP contribution < -0.4 is 5.32 Å². The Balaban J connectivity index is 1.66. The van der Waals surface area contributed by atoms with E-state index in [4.69, 9.17) is 9.47 Å². The first-order valence-electron chi connectivity index (χ1n) is 11.1. The average Bonchev–Trinajstić information content (AvgIpc) is 2.90. The van der Waals surface area contributed by atoms with Gasteiger partial charge in [-0.25, -0.2) is 4.79 Å². The summed E-state index contributed by atoms with van der Waals surface area (Å²) in [6, 6.07) is 0. The zero-order valence-electron chi connectivity index (χ0n) is 18.7. The predicted octanol–water partition coefficient (Wildman–Crippen LogP) is 1.26. The number of rotatable bonds is 8. The highest BCUT2D eigenvalue weighted by molar-refractivity contribution is 5.78. The first kappa shape index (κ1) is 23.9. The molecule has 2 amide bonds. The molecule has 29 heavy (non-hydrogen) atoms. The van der Waals surface area contributed by atoms with Crippen molar-refractivity contribution in [3.63, 3.8) is 0 Å². The summed E-state index contributed by atoms with van der Waals surface area (Å²) >= 11 is 0. The standard InChI is InChI=1S/C21H40N4O4/c1-17(2)13-24-10-11-28-19(14-24)12-22-20(26)15-23-6-5-7-25(9-8-23)21(27)29-16-18(3)4/h17-19H,5-16H2,1-4H3,(H,22,26). The zero-order chi connectivity index (χ0) is 21.2. The Morgan fingerprint density at radius 3 is 2.55 bits per heavy atom. The third-order valence-corrected chi connectivity index (χ3v) is 5.13. The number of carbonyl (C=O) groups is 2. The maximum Gasteiger partial charge on any atom is 0.409 e. The molecule has 1 atom stereocenters. The average molecular weight is 413 g/mol. The molecule has 2 aliphatic heterocycles. The van der Waals surface area contributed by atoms with Gasteiger partial charge in [-0.3, -0.25) is 14.6 Å². The zero-order valence-corrected chi connectivity index (χ0v) is 18.7. The summed E-state index contributed by atoms with van der Waals surface area (Å²) in [5.41, 5.74) is 0. The van der Waals surface area contributed by atoms with Gasteiger partial charge in [0.2, 0.25) is 5.91 Å². The molecule has 2 aliphatic rings. The van der Waals surface area contributed by atoms with E-state index in [2.05, 4.69) is 29.0 Å². The molecule has 8 heteroatoms. The minimum Gasteiger partial charge on any atom is -0.449 e. The van der Waals surface area contributed by atoms with Gasteiger partial charge in [0, 0.05) is 52.4 Å². The Labute approximate surface area is 175 Å². The summed E-state index contributed by atoms with van der Waals surface area (Å²) in [4.78, 5) is 30.8. The van der Waals surface area contributed by atoms with Crippen LogP contribution in [0.25, 0.3) is 0 Å². The Morgan fingerprint density at radius 1 is 1.03 bits per heavy atom. The molecule has 0 bridgehead atoms. The first-order valence-corrected chi connectivity index (χ1v) is 11.1. The maximum atomic E-state index is 12.4. The van der Waals surface area contributed by atoms with Gasteiger partial charge in [0.05, 0.1) is 25.9 Å². The maximum absolute atomic E-state index is 12.4. The molecule has 2 fully saturated rings. The van der Waals surface area contributed by atoms with E-state index in [1.807, 2.05) is 13.8 Å². The van der Waals surface area contributed by atoms with Crippen LogP contribution in [0.3, 0.4) is 0 Å². The summed E-state index contributed by atoms with van der Waals surface area (Å²) in [6.07, 6.45) is 0.659. The van der Waals surface area contributed by atoms with Crippen molar-refractivity contribution in [2.75, 3.05) is 72.1 Å². The Bertz CT molecular complexity index is 515. The van der Waals surface area contributed by atoms with Crippen LogP contribution in [-0.2, 0) is 14.3 Å². The fourth-order valence-electron chi connectivity index (χ4n) is 3.71. The van der Waals surface area contributed by atoms with Gasteiger partial charge >= 0.3 is 6.09 Å². The van der Waals surface area contributed by atoms with Gasteiger partial charge in [0.1, 0.15) is 0 Å². The molecule has 2 saturated heterocycles. The van der Waals surface area contributed by atoms with Crippen LogP contribution in [0.4, 0.5) is 4.79 Å². The molecule has 8 nitrogen and oxygen atoms in total. The number of hydrogen-bond donors (Lipinski definition) is 1. The van der Waals surface area contributed by atoms with E-state index in [9.17, 15) is 9.59 Å². The molecule has 0 aromatic heterocycles. The highest BCUT2D eigenvalue weighted by atomic mass is 16.6. The van der Waals surface area contributed by atoms with Crippen LogP contribution >= 0.6 is 0 Å². The van der Waals surface area contributed by atoms with E-state index < -0.39 is 0 Å². The van der Waals surface area contributed by atoms with Crippen LogP contribution in [0.2, 0.25) is 0 Å². The van der Waals surface area contributed by atoms with E-state index in [1.54, 1.807) is 4.90 Å². The SMILES string of the molecule is CC(C)COC(=O)N1CCCN(CC(=O)NCC2CN(CC(C)C)CCO2)CC1. The van der Waals surface area contributed by atoms with E-state index in [-0.39, 0.29) is 18.1 Å². The van der Waals surface area contributed by atoms with Gasteiger partial charge in [-0.2, -0.15) is 0 Å². The normalized spacial score (nSPS) is 22.0. The minimum absolute atomic E-state index is 0.0189. The summed E-state index contributed by atoms with van der Waals surface area (Å²) in [5.74, 6) is 0.982. The van der Waals surface area contributed by atoms with Crippen molar-refractivity contribution >= 4 is 12.0 Å². The van der Waals surface area contributed by atoms with Gasteiger partial charge in [-0.15, -0.1) is 0 Å². The van der Waals surface area contributed by atoms with Crippen molar-refractivity contribution in [2.24, 2.45) is 11.8 Å². The summed E-state index contributed by atoms with van der Waals surface area (Å²) in [6.45, 7) is 16.2. The number of nitrogens with one attached hydrogen (secondary N) is 1. The van der Waals surface area contributed by atoms with Gasteiger partial charge in [-0.1, -0.05) is 27.7 Å². The summed E-state index contributed by atoms with van der Waals surface area (Å²) in [5, 5.41) is 3.02. The molecule has 2 rings (SSSR count). The quantitative estimate of drug-likeness (QED) is 0.647. The third kappa shape index (κ3) is 9.31. The summed E-state index contributed by atoms with van der Waals surface area (Å²) < 4.78 is 11.1. The van der Waals surface area contributed by atoms with Crippen LogP contribution in [0.5, 0.6) is 0 Å². The van der Waals surface area contributed by atoms with Crippen molar-refractivity contribution in [1.29, 1.82) is 0 Å². The monoisotopic (exact) mass is 412 g/mol. The predicted molar refractivity (Wildman–Crippen MR) is 113 cm³/mol. The molecule has 0 saturated carbocycles. The van der Waals surface area contributed by atoms with E-state index in [0.29, 0.717) is 51.2 Å². The van der Waals surface area contributed by atoms with Crippen LogP contribution in [-0.4, -0.2) is 105 Å². The number of ether oxygens (including phenoxy) is 2. The second-order valence-corrected chi connectivity index (χ2v) is 9.04. The van der Waals surface area contributed by atoms with Crippen LogP contribution in [0, 0.1) is 11.8 Å². The number of amides is 2. The van der Waals surface area contributed by atoms with E-state index in [1.165, 1.54) is 0 Å². The topological polar surface area (TPSA) is 74.4 Å². The third-order valence-electron chi connectivity index (χ3n) is 5.13.